The number of benzene rings is 2. The first kappa shape index (κ1) is 21.2. The summed E-state index contributed by atoms with van der Waals surface area (Å²) in [4.78, 5) is 24.6. The van der Waals surface area contributed by atoms with Crippen molar-refractivity contribution in [3.63, 3.8) is 0 Å². The van der Waals surface area contributed by atoms with Crippen LogP contribution in [-0.4, -0.2) is 38.6 Å². The maximum atomic E-state index is 12.3. The van der Waals surface area contributed by atoms with Crippen LogP contribution in [0.15, 0.2) is 45.3 Å². The summed E-state index contributed by atoms with van der Waals surface area (Å²) in [5, 5.41) is 5.66. The molecule has 0 unspecified atom stereocenters. The Labute approximate surface area is 174 Å². The van der Waals surface area contributed by atoms with E-state index in [0.717, 1.165) is 0 Å². The number of methoxy groups -OCH3 is 2. The first-order valence-electron chi connectivity index (χ1n) is 8.11. The molecular weight excluding hydrogens is 480 g/mol. The smallest absolute Gasteiger partial charge is 0.251 e. The fraction of sp³-hybridized carbons (Fsp3) is 0.263. The van der Waals surface area contributed by atoms with E-state index in [1.807, 2.05) is 6.92 Å². The minimum absolute atomic E-state index is 0.229. The van der Waals surface area contributed by atoms with Crippen LogP contribution in [0, 0.1) is 0 Å². The van der Waals surface area contributed by atoms with E-state index in [-0.39, 0.29) is 17.9 Å². The average molecular weight is 500 g/mol. The largest absolute Gasteiger partial charge is 0.496 e. The summed E-state index contributed by atoms with van der Waals surface area (Å²) < 4.78 is 11.7. The summed E-state index contributed by atoms with van der Waals surface area (Å²) in [6.45, 7) is 2.12. The topological polar surface area (TPSA) is 76.7 Å². The van der Waals surface area contributed by atoms with Gasteiger partial charge in [0.05, 0.1) is 23.2 Å². The second-order valence-corrected chi connectivity index (χ2v) is 7.49. The predicted molar refractivity (Wildman–Crippen MR) is 111 cm³/mol. The third kappa shape index (κ3) is 5.71. The quantitative estimate of drug-likeness (QED) is 0.607. The molecule has 0 bridgehead atoms. The van der Waals surface area contributed by atoms with E-state index in [1.165, 1.54) is 0 Å². The molecule has 0 aliphatic rings. The zero-order valence-corrected chi connectivity index (χ0v) is 18.3. The Balaban J connectivity index is 1.90. The number of hydrogen-bond donors (Lipinski definition) is 2. The van der Waals surface area contributed by atoms with Gasteiger partial charge in [-0.25, -0.2) is 0 Å². The van der Waals surface area contributed by atoms with Crippen LogP contribution in [0.4, 0.5) is 0 Å². The van der Waals surface area contributed by atoms with Crippen LogP contribution < -0.4 is 20.1 Å². The summed E-state index contributed by atoms with van der Waals surface area (Å²) in [6, 6.07) is 9.92. The zero-order valence-electron chi connectivity index (χ0n) is 15.1. The van der Waals surface area contributed by atoms with Crippen LogP contribution in [0.1, 0.15) is 27.6 Å². The molecule has 27 heavy (non-hydrogen) atoms. The Hall–Kier alpha value is -2.06. The molecule has 0 radical (unpaired) electrons. The molecule has 2 N–H and O–H groups in total. The SMILES string of the molecule is COc1ccc(C(=O)NC[C@@H](C)NC(=O)c2ccc(OC)c(Br)c2)cc1Br. The highest BCUT2D eigenvalue weighted by molar-refractivity contribution is 9.10. The van der Waals surface area contributed by atoms with Crippen molar-refractivity contribution in [1.29, 1.82) is 0 Å². The first-order chi connectivity index (χ1) is 12.8. The predicted octanol–water partition coefficient (Wildman–Crippen LogP) is 3.78. The fourth-order valence-electron chi connectivity index (χ4n) is 2.32. The molecule has 0 heterocycles. The fourth-order valence-corrected chi connectivity index (χ4v) is 3.40. The van der Waals surface area contributed by atoms with E-state index >= 15 is 0 Å². The van der Waals surface area contributed by atoms with Gasteiger partial charge in [-0.15, -0.1) is 0 Å². The van der Waals surface area contributed by atoms with Gasteiger partial charge in [-0.1, -0.05) is 0 Å². The van der Waals surface area contributed by atoms with Crippen LogP contribution in [0.25, 0.3) is 0 Å². The second kappa shape index (κ2) is 9.75. The van der Waals surface area contributed by atoms with Crippen LogP contribution in [-0.2, 0) is 0 Å². The highest BCUT2D eigenvalue weighted by Crippen LogP contribution is 2.26. The van der Waals surface area contributed by atoms with Gasteiger partial charge in [-0.05, 0) is 75.2 Å². The van der Waals surface area contributed by atoms with Crippen molar-refractivity contribution in [2.75, 3.05) is 20.8 Å². The molecule has 0 saturated heterocycles. The Morgan fingerprint density at radius 3 is 1.85 bits per heavy atom. The van der Waals surface area contributed by atoms with E-state index in [1.54, 1.807) is 50.6 Å². The van der Waals surface area contributed by atoms with Gasteiger partial charge >= 0.3 is 0 Å². The van der Waals surface area contributed by atoms with Gasteiger partial charge in [0.2, 0.25) is 0 Å². The highest BCUT2D eigenvalue weighted by atomic mass is 79.9. The van der Waals surface area contributed by atoms with Crippen molar-refractivity contribution in [3.05, 3.63) is 56.5 Å². The molecule has 2 aromatic rings. The van der Waals surface area contributed by atoms with Gasteiger partial charge in [0.1, 0.15) is 11.5 Å². The van der Waals surface area contributed by atoms with E-state index in [0.29, 0.717) is 38.1 Å². The lowest BCUT2D eigenvalue weighted by atomic mass is 10.2. The van der Waals surface area contributed by atoms with Crippen molar-refractivity contribution < 1.29 is 19.1 Å². The minimum Gasteiger partial charge on any atom is -0.496 e. The van der Waals surface area contributed by atoms with Crippen LogP contribution in [0.5, 0.6) is 11.5 Å². The van der Waals surface area contributed by atoms with Crippen molar-refractivity contribution in [1.82, 2.24) is 10.6 Å². The summed E-state index contributed by atoms with van der Waals surface area (Å²) in [6.07, 6.45) is 0. The highest BCUT2D eigenvalue weighted by Gasteiger charge is 2.14. The minimum atomic E-state index is -0.246. The number of hydrogen-bond acceptors (Lipinski definition) is 4. The molecule has 1 atom stereocenters. The molecule has 2 aromatic carbocycles. The Bertz CT molecular complexity index is 842. The van der Waals surface area contributed by atoms with Gasteiger partial charge < -0.3 is 20.1 Å². The molecule has 8 heteroatoms. The number of ether oxygens (including phenoxy) is 2. The Kier molecular flexibility index (Phi) is 7.67. The van der Waals surface area contributed by atoms with Gasteiger partial charge in [0.15, 0.2) is 0 Å². The molecule has 2 rings (SSSR count). The van der Waals surface area contributed by atoms with Crippen molar-refractivity contribution >= 4 is 43.7 Å². The lowest BCUT2D eigenvalue weighted by Crippen LogP contribution is -2.41. The van der Waals surface area contributed by atoms with Crippen molar-refractivity contribution in [3.8, 4) is 11.5 Å². The van der Waals surface area contributed by atoms with Crippen LogP contribution >= 0.6 is 31.9 Å². The van der Waals surface area contributed by atoms with Gasteiger partial charge in [-0.3, -0.25) is 9.59 Å². The molecule has 6 nitrogen and oxygen atoms in total. The summed E-state index contributed by atoms with van der Waals surface area (Å²) in [7, 11) is 3.12. The third-order valence-electron chi connectivity index (χ3n) is 3.77. The summed E-state index contributed by atoms with van der Waals surface area (Å²) >= 11 is 6.71. The Morgan fingerprint density at radius 1 is 0.926 bits per heavy atom. The molecule has 0 saturated carbocycles. The average Bonchev–Trinajstić information content (AvgIpc) is 2.65. The van der Waals surface area contributed by atoms with Crippen LogP contribution in [0.2, 0.25) is 0 Å². The third-order valence-corrected chi connectivity index (χ3v) is 5.01. The number of nitrogens with one attached hydrogen (secondary N) is 2. The first-order valence-corrected chi connectivity index (χ1v) is 9.70. The standard InChI is InChI=1S/C19H20Br2N2O4/c1-11(23-19(25)13-5-7-17(27-3)15(21)9-13)10-22-18(24)12-4-6-16(26-2)14(20)8-12/h4-9,11H,10H2,1-3H3,(H,22,24)(H,23,25)/t11-/m1/s1. The summed E-state index contributed by atoms with van der Waals surface area (Å²) in [5.74, 6) is 0.842. The van der Waals surface area contributed by atoms with Gasteiger partial charge in [0, 0.05) is 23.7 Å². The number of carbonyl (C=O) groups excluding carboxylic acids is 2. The molecule has 0 fully saturated rings. The number of halogens is 2. The summed E-state index contributed by atoms with van der Waals surface area (Å²) in [5.41, 5.74) is 1.00. The van der Waals surface area contributed by atoms with E-state index in [4.69, 9.17) is 9.47 Å². The number of rotatable bonds is 7. The monoisotopic (exact) mass is 498 g/mol. The molecule has 144 valence electrons. The Morgan fingerprint density at radius 2 is 1.41 bits per heavy atom. The molecule has 0 aliphatic carbocycles. The lowest BCUT2D eigenvalue weighted by molar-refractivity contribution is 0.0912. The zero-order chi connectivity index (χ0) is 20.0. The van der Waals surface area contributed by atoms with E-state index in [2.05, 4.69) is 42.5 Å². The molecule has 0 spiro atoms. The van der Waals surface area contributed by atoms with E-state index in [9.17, 15) is 9.59 Å². The van der Waals surface area contributed by atoms with Crippen molar-refractivity contribution in [2.24, 2.45) is 0 Å². The van der Waals surface area contributed by atoms with Crippen molar-refractivity contribution in [2.45, 2.75) is 13.0 Å². The lowest BCUT2D eigenvalue weighted by Gasteiger charge is -2.15. The van der Waals surface area contributed by atoms with E-state index < -0.39 is 0 Å². The maximum absolute atomic E-state index is 12.3. The molecule has 0 aromatic heterocycles. The normalized spacial score (nSPS) is 11.4. The second-order valence-electron chi connectivity index (χ2n) is 5.78. The van der Waals surface area contributed by atoms with Gasteiger partial charge in [-0.2, -0.15) is 0 Å². The molecule has 2 amide bonds. The van der Waals surface area contributed by atoms with Crippen LogP contribution in [0.3, 0.4) is 0 Å². The number of amides is 2. The number of carbonyl (C=O) groups is 2. The van der Waals surface area contributed by atoms with Gasteiger partial charge in [0.25, 0.3) is 11.8 Å². The molecular formula is C19H20Br2N2O4. The molecule has 0 aliphatic heterocycles. The maximum Gasteiger partial charge on any atom is 0.251 e.